The van der Waals surface area contributed by atoms with Crippen molar-refractivity contribution in [3.8, 4) is 11.1 Å². The topological polar surface area (TPSA) is 81.2 Å². The van der Waals surface area contributed by atoms with Gasteiger partial charge in [-0.25, -0.2) is 0 Å². The van der Waals surface area contributed by atoms with E-state index in [1.807, 2.05) is 37.7 Å². The van der Waals surface area contributed by atoms with Crippen LogP contribution in [0.25, 0.3) is 22.2 Å². The molecule has 0 saturated heterocycles. The number of aliphatic carboxylic acids is 1. The first-order chi connectivity index (χ1) is 10.5. The minimum atomic E-state index is -0.802. The van der Waals surface area contributed by atoms with E-state index in [9.17, 15) is 4.79 Å². The van der Waals surface area contributed by atoms with Crippen LogP contribution in [0.5, 0.6) is 0 Å². The zero-order valence-corrected chi connectivity index (χ0v) is 12.8. The molecule has 0 radical (unpaired) electrons. The lowest BCUT2D eigenvalue weighted by atomic mass is 10.1. The smallest absolute Gasteiger partial charge is 0.303 e. The lowest BCUT2D eigenvalue weighted by Crippen LogP contribution is -1.97. The normalized spacial score (nSPS) is 11.2. The average Bonchev–Trinajstić information content (AvgIpc) is 2.97. The maximum absolute atomic E-state index is 10.8. The highest BCUT2D eigenvalue weighted by atomic mass is 16.5. The Balaban J connectivity index is 2.08. The van der Waals surface area contributed by atoms with E-state index in [1.54, 1.807) is 6.20 Å². The predicted molar refractivity (Wildman–Crippen MR) is 81.6 cm³/mol. The Kier molecular flexibility index (Phi) is 3.44. The van der Waals surface area contributed by atoms with Crippen molar-refractivity contribution in [2.45, 2.75) is 26.7 Å². The Morgan fingerprint density at radius 3 is 2.82 bits per heavy atom. The van der Waals surface area contributed by atoms with Crippen molar-refractivity contribution in [3.05, 3.63) is 35.5 Å². The average molecular weight is 299 g/mol. The third-order valence-corrected chi connectivity index (χ3v) is 3.83. The second-order valence-corrected chi connectivity index (χ2v) is 5.45. The summed E-state index contributed by atoms with van der Waals surface area (Å²) in [6, 6.07) is 2.04. The standard InChI is InChI=1S/C16H17N3O3/c1-9-15(10(2)22-18-9)12-6-13-16(17-7-12)11(8-19(13)3)4-5-14(20)21/h6-8H,4-5H2,1-3H3,(H,20,21). The van der Waals surface area contributed by atoms with E-state index in [0.29, 0.717) is 6.42 Å². The van der Waals surface area contributed by atoms with Gasteiger partial charge in [-0.1, -0.05) is 5.16 Å². The van der Waals surface area contributed by atoms with Gasteiger partial charge < -0.3 is 14.2 Å². The van der Waals surface area contributed by atoms with E-state index in [0.717, 1.165) is 39.2 Å². The molecule has 22 heavy (non-hydrogen) atoms. The van der Waals surface area contributed by atoms with Gasteiger partial charge in [-0.2, -0.15) is 0 Å². The number of pyridine rings is 1. The van der Waals surface area contributed by atoms with Gasteiger partial charge in [0.05, 0.1) is 16.7 Å². The molecule has 0 aliphatic rings. The van der Waals surface area contributed by atoms with Crippen molar-refractivity contribution in [1.82, 2.24) is 14.7 Å². The molecule has 3 aromatic heterocycles. The van der Waals surface area contributed by atoms with Crippen LogP contribution in [0.3, 0.4) is 0 Å². The third-order valence-electron chi connectivity index (χ3n) is 3.83. The first kappa shape index (κ1) is 14.3. The summed E-state index contributed by atoms with van der Waals surface area (Å²) in [7, 11) is 1.94. The van der Waals surface area contributed by atoms with Gasteiger partial charge in [0.25, 0.3) is 0 Å². The number of carbonyl (C=O) groups is 1. The Morgan fingerprint density at radius 1 is 1.41 bits per heavy atom. The van der Waals surface area contributed by atoms with Gasteiger partial charge in [0, 0.05) is 37.0 Å². The summed E-state index contributed by atoms with van der Waals surface area (Å²) in [6.45, 7) is 3.78. The first-order valence-corrected chi connectivity index (χ1v) is 7.06. The van der Waals surface area contributed by atoms with Gasteiger partial charge in [-0.15, -0.1) is 0 Å². The molecule has 1 N–H and O–H groups in total. The fraction of sp³-hybridized carbons (Fsp3) is 0.312. The van der Waals surface area contributed by atoms with Crippen LogP contribution < -0.4 is 0 Å². The second kappa shape index (κ2) is 5.29. The Morgan fingerprint density at radius 2 is 2.18 bits per heavy atom. The molecule has 0 bridgehead atoms. The SMILES string of the molecule is Cc1noc(C)c1-c1cnc2c(CCC(=O)O)cn(C)c2c1. The van der Waals surface area contributed by atoms with Gasteiger partial charge in [0.2, 0.25) is 0 Å². The lowest BCUT2D eigenvalue weighted by Gasteiger charge is -2.02. The molecule has 0 spiro atoms. The maximum Gasteiger partial charge on any atom is 0.303 e. The van der Waals surface area contributed by atoms with Crippen LogP contribution in [0.4, 0.5) is 0 Å². The number of aryl methyl sites for hydroxylation is 4. The Labute approximate surface area is 127 Å². The van der Waals surface area contributed by atoms with Crippen LogP contribution in [-0.4, -0.2) is 25.8 Å². The number of carboxylic acid groups (broad SMARTS) is 1. The molecule has 0 aromatic carbocycles. The molecule has 3 heterocycles. The van der Waals surface area contributed by atoms with E-state index >= 15 is 0 Å². The molecule has 6 heteroatoms. The number of nitrogens with zero attached hydrogens (tertiary/aromatic N) is 3. The van der Waals surface area contributed by atoms with Crippen LogP contribution in [-0.2, 0) is 18.3 Å². The molecular formula is C16H17N3O3. The fourth-order valence-electron chi connectivity index (χ4n) is 2.79. The maximum atomic E-state index is 10.8. The van der Waals surface area contributed by atoms with Crippen molar-refractivity contribution in [2.24, 2.45) is 7.05 Å². The zero-order valence-electron chi connectivity index (χ0n) is 12.8. The number of rotatable bonds is 4. The molecule has 0 atom stereocenters. The van der Waals surface area contributed by atoms with E-state index in [2.05, 4.69) is 10.1 Å². The van der Waals surface area contributed by atoms with Gasteiger partial charge in [-0.3, -0.25) is 9.78 Å². The highest BCUT2D eigenvalue weighted by molar-refractivity contribution is 5.85. The van der Waals surface area contributed by atoms with Crippen LogP contribution in [0, 0.1) is 13.8 Å². The zero-order chi connectivity index (χ0) is 15.9. The van der Waals surface area contributed by atoms with Crippen LogP contribution in [0.2, 0.25) is 0 Å². The molecule has 114 valence electrons. The number of fused-ring (bicyclic) bond motifs is 1. The van der Waals surface area contributed by atoms with Gasteiger partial charge in [0.15, 0.2) is 0 Å². The van der Waals surface area contributed by atoms with Gasteiger partial charge in [-0.05, 0) is 31.9 Å². The van der Waals surface area contributed by atoms with Crippen LogP contribution >= 0.6 is 0 Å². The van der Waals surface area contributed by atoms with Crippen molar-refractivity contribution < 1.29 is 14.4 Å². The summed E-state index contributed by atoms with van der Waals surface area (Å²) in [5, 5.41) is 12.8. The minimum absolute atomic E-state index is 0.104. The molecular weight excluding hydrogens is 282 g/mol. The predicted octanol–water partition coefficient (Wildman–Crippen LogP) is 2.86. The van der Waals surface area contributed by atoms with Gasteiger partial charge in [0.1, 0.15) is 5.76 Å². The number of hydrogen-bond acceptors (Lipinski definition) is 4. The number of hydrogen-bond donors (Lipinski definition) is 1. The Bertz CT molecular complexity index is 842. The molecule has 0 fully saturated rings. The summed E-state index contributed by atoms with van der Waals surface area (Å²) in [4.78, 5) is 15.3. The summed E-state index contributed by atoms with van der Waals surface area (Å²) in [6.07, 6.45) is 4.31. The number of aromatic nitrogens is 3. The molecule has 0 unspecified atom stereocenters. The first-order valence-electron chi connectivity index (χ1n) is 7.06. The van der Waals surface area contributed by atoms with E-state index in [1.165, 1.54) is 0 Å². The Hall–Kier alpha value is -2.63. The van der Waals surface area contributed by atoms with Crippen molar-refractivity contribution in [1.29, 1.82) is 0 Å². The monoisotopic (exact) mass is 299 g/mol. The lowest BCUT2D eigenvalue weighted by molar-refractivity contribution is -0.136. The molecule has 0 aliphatic carbocycles. The van der Waals surface area contributed by atoms with E-state index in [-0.39, 0.29) is 6.42 Å². The summed E-state index contributed by atoms with van der Waals surface area (Å²) >= 11 is 0. The van der Waals surface area contributed by atoms with E-state index < -0.39 is 5.97 Å². The highest BCUT2D eigenvalue weighted by Crippen LogP contribution is 2.30. The molecule has 3 aromatic rings. The molecule has 6 nitrogen and oxygen atoms in total. The van der Waals surface area contributed by atoms with Gasteiger partial charge >= 0.3 is 5.97 Å². The summed E-state index contributed by atoms with van der Waals surface area (Å²) in [5.41, 5.74) is 5.51. The van der Waals surface area contributed by atoms with E-state index in [4.69, 9.17) is 9.63 Å². The minimum Gasteiger partial charge on any atom is -0.481 e. The molecule has 0 saturated carbocycles. The van der Waals surface area contributed by atoms with Crippen molar-refractivity contribution in [2.75, 3.05) is 0 Å². The highest BCUT2D eigenvalue weighted by Gasteiger charge is 2.15. The fourth-order valence-corrected chi connectivity index (χ4v) is 2.79. The number of carboxylic acids is 1. The molecule has 0 amide bonds. The quantitative estimate of drug-likeness (QED) is 0.801. The third kappa shape index (κ3) is 2.36. The second-order valence-electron chi connectivity index (χ2n) is 5.45. The van der Waals surface area contributed by atoms with Crippen molar-refractivity contribution >= 4 is 17.0 Å². The summed E-state index contributed by atoms with van der Waals surface area (Å²) < 4.78 is 7.19. The largest absolute Gasteiger partial charge is 0.481 e. The van der Waals surface area contributed by atoms with Crippen LogP contribution in [0.15, 0.2) is 23.0 Å². The van der Waals surface area contributed by atoms with Crippen molar-refractivity contribution in [3.63, 3.8) is 0 Å². The van der Waals surface area contributed by atoms with Crippen LogP contribution in [0.1, 0.15) is 23.4 Å². The molecule has 3 rings (SSSR count). The molecule has 0 aliphatic heterocycles. The summed E-state index contributed by atoms with van der Waals surface area (Å²) in [5.74, 6) is -0.0386.